The number of hydrogen-bond acceptors (Lipinski definition) is 4. The minimum atomic E-state index is -0.306. The summed E-state index contributed by atoms with van der Waals surface area (Å²) in [4.78, 5) is 40.1. The SMILES string of the molecule is O=C(Cn1cc(C(=O)NC2CCCCC2)ccc1=O)Nc1ccccc1CN1CCCC1. The van der Waals surface area contributed by atoms with Crippen LogP contribution in [0.25, 0.3) is 0 Å². The minimum Gasteiger partial charge on any atom is -0.349 e. The molecular formula is C25H32N4O3. The van der Waals surface area contributed by atoms with E-state index in [-0.39, 0.29) is 30.0 Å². The van der Waals surface area contributed by atoms with Crippen LogP contribution < -0.4 is 16.2 Å². The molecule has 1 saturated carbocycles. The fraction of sp³-hybridized carbons (Fsp3) is 0.480. The standard InChI is InChI=1S/C25H32N4O3/c30-23(27-22-11-5-4-8-19(22)16-28-14-6-7-15-28)18-29-17-20(12-13-24(29)31)25(32)26-21-9-2-1-3-10-21/h4-5,8,11-13,17,21H,1-3,6-7,9-10,14-16,18H2,(H,26,32)(H,27,30). The van der Waals surface area contributed by atoms with E-state index in [1.54, 1.807) is 0 Å². The van der Waals surface area contributed by atoms with Crippen LogP contribution in [0, 0.1) is 0 Å². The molecule has 7 heteroatoms. The summed E-state index contributed by atoms with van der Waals surface area (Å²) in [6.07, 6.45) is 9.36. The number of hydrogen-bond donors (Lipinski definition) is 2. The molecule has 2 fully saturated rings. The second-order valence-corrected chi connectivity index (χ2v) is 8.88. The van der Waals surface area contributed by atoms with Crippen LogP contribution in [0.15, 0.2) is 47.4 Å². The van der Waals surface area contributed by atoms with Crippen LogP contribution in [-0.4, -0.2) is 40.4 Å². The van der Waals surface area contributed by atoms with E-state index < -0.39 is 0 Å². The predicted molar refractivity (Wildman–Crippen MR) is 125 cm³/mol. The van der Waals surface area contributed by atoms with E-state index in [0.717, 1.165) is 56.6 Å². The predicted octanol–water partition coefficient (Wildman–Crippen LogP) is 3.15. The van der Waals surface area contributed by atoms with Crippen LogP contribution in [0.3, 0.4) is 0 Å². The van der Waals surface area contributed by atoms with Crippen molar-refractivity contribution in [2.24, 2.45) is 0 Å². The molecule has 2 N–H and O–H groups in total. The molecule has 0 atom stereocenters. The number of carbonyl (C=O) groups is 2. The van der Waals surface area contributed by atoms with Gasteiger partial charge in [0, 0.05) is 30.5 Å². The highest BCUT2D eigenvalue weighted by Crippen LogP contribution is 2.20. The summed E-state index contributed by atoms with van der Waals surface area (Å²) in [5, 5.41) is 6.01. The zero-order valence-corrected chi connectivity index (χ0v) is 18.5. The molecule has 0 unspecified atom stereocenters. The van der Waals surface area contributed by atoms with Crippen molar-refractivity contribution >= 4 is 17.5 Å². The van der Waals surface area contributed by atoms with Crippen LogP contribution in [0.1, 0.15) is 60.9 Å². The van der Waals surface area contributed by atoms with Crippen molar-refractivity contribution in [3.05, 3.63) is 64.1 Å². The first-order valence-electron chi connectivity index (χ1n) is 11.7. The fourth-order valence-electron chi connectivity index (χ4n) is 4.61. The van der Waals surface area contributed by atoms with Crippen LogP contribution >= 0.6 is 0 Å². The summed E-state index contributed by atoms with van der Waals surface area (Å²) >= 11 is 0. The van der Waals surface area contributed by atoms with Gasteiger partial charge in [0.15, 0.2) is 0 Å². The van der Waals surface area contributed by atoms with Gasteiger partial charge in [-0.2, -0.15) is 0 Å². The second kappa shape index (κ2) is 10.6. The molecule has 0 bridgehead atoms. The first-order valence-corrected chi connectivity index (χ1v) is 11.7. The topological polar surface area (TPSA) is 83.4 Å². The van der Waals surface area contributed by atoms with Crippen molar-refractivity contribution in [3.63, 3.8) is 0 Å². The van der Waals surface area contributed by atoms with Crippen molar-refractivity contribution in [2.75, 3.05) is 18.4 Å². The van der Waals surface area contributed by atoms with Gasteiger partial charge < -0.3 is 15.2 Å². The van der Waals surface area contributed by atoms with Gasteiger partial charge in [-0.3, -0.25) is 19.3 Å². The van der Waals surface area contributed by atoms with Crippen molar-refractivity contribution < 1.29 is 9.59 Å². The third-order valence-corrected chi connectivity index (χ3v) is 6.38. The largest absolute Gasteiger partial charge is 0.349 e. The molecule has 0 spiro atoms. The molecule has 32 heavy (non-hydrogen) atoms. The van der Waals surface area contributed by atoms with E-state index >= 15 is 0 Å². The van der Waals surface area contributed by atoms with Crippen LogP contribution in [0.5, 0.6) is 0 Å². The zero-order chi connectivity index (χ0) is 22.3. The Bertz CT molecular complexity index is 1000. The lowest BCUT2D eigenvalue weighted by Crippen LogP contribution is -2.37. The molecule has 7 nitrogen and oxygen atoms in total. The normalized spacial score (nSPS) is 17.2. The minimum absolute atomic E-state index is 0.137. The average Bonchev–Trinajstić information content (AvgIpc) is 3.30. The average molecular weight is 437 g/mol. The fourth-order valence-corrected chi connectivity index (χ4v) is 4.61. The molecule has 2 aromatic rings. The van der Waals surface area contributed by atoms with Crippen LogP contribution in [0.4, 0.5) is 5.69 Å². The zero-order valence-electron chi connectivity index (χ0n) is 18.5. The number of nitrogens with zero attached hydrogens (tertiary/aromatic N) is 2. The molecular weight excluding hydrogens is 404 g/mol. The molecule has 1 aromatic heterocycles. The number of anilines is 1. The maximum Gasteiger partial charge on any atom is 0.252 e. The summed E-state index contributed by atoms with van der Waals surface area (Å²) in [6.45, 7) is 2.81. The van der Waals surface area contributed by atoms with Crippen molar-refractivity contribution in [2.45, 2.75) is 64.1 Å². The Kier molecular flexibility index (Phi) is 7.37. The molecule has 1 aliphatic carbocycles. The number of para-hydroxylation sites is 1. The molecule has 1 aromatic carbocycles. The Morgan fingerprint density at radius 1 is 0.938 bits per heavy atom. The van der Waals surface area contributed by atoms with Gasteiger partial charge in [-0.1, -0.05) is 37.5 Å². The maximum absolute atomic E-state index is 12.7. The smallest absolute Gasteiger partial charge is 0.252 e. The monoisotopic (exact) mass is 436 g/mol. The highest BCUT2D eigenvalue weighted by atomic mass is 16.2. The van der Waals surface area contributed by atoms with E-state index in [1.807, 2.05) is 24.3 Å². The van der Waals surface area contributed by atoms with Gasteiger partial charge in [0.05, 0.1) is 5.56 Å². The number of pyridine rings is 1. The molecule has 4 rings (SSSR count). The third kappa shape index (κ3) is 5.85. The van der Waals surface area contributed by atoms with Crippen molar-refractivity contribution in [3.8, 4) is 0 Å². The number of nitrogens with one attached hydrogen (secondary N) is 2. The summed E-state index contributed by atoms with van der Waals surface area (Å²) in [7, 11) is 0. The summed E-state index contributed by atoms with van der Waals surface area (Å²) < 4.78 is 1.30. The van der Waals surface area contributed by atoms with Crippen LogP contribution in [-0.2, 0) is 17.9 Å². The van der Waals surface area contributed by atoms with Gasteiger partial charge in [-0.25, -0.2) is 0 Å². The highest BCUT2D eigenvalue weighted by Gasteiger charge is 2.18. The molecule has 2 aliphatic rings. The first-order chi connectivity index (χ1) is 15.6. The van der Waals surface area contributed by atoms with E-state index in [0.29, 0.717) is 5.56 Å². The molecule has 0 radical (unpaired) electrons. The number of amides is 2. The van der Waals surface area contributed by atoms with Gasteiger partial charge in [0.1, 0.15) is 6.54 Å². The van der Waals surface area contributed by atoms with Crippen LogP contribution in [0.2, 0.25) is 0 Å². The Balaban J connectivity index is 1.40. The molecule has 2 amide bonds. The molecule has 1 aliphatic heterocycles. The summed E-state index contributed by atoms with van der Waals surface area (Å²) in [5.74, 6) is -0.479. The maximum atomic E-state index is 12.7. The van der Waals surface area contributed by atoms with E-state index in [9.17, 15) is 14.4 Å². The molecule has 2 heterocycles. The summed E-state index contributed by atoms with van der Waals surface area (Å²) in [5.41, 5.74) is 1.93. The Morgan fingerprint density at radius 3 is 2.47 bits per heavy atom. The second-order valence-electron chi connectivity index (χ2n) is 8.88. The first kappa shape index (κ1) is 22.3. The van der Waals surface area contributed by atoms with Gasteiger partial charge in [-0.15, -0.1) is 0 Å². The van der Waals surface area contributed by atoms with E-state index in [1.165, 1.54) is 42.2 Å². The lowest BCUT2D eigenvalue weighted by molar-refractivity contribution is -0.116. The number of aromatic nitrogens is 1. The van der Waals surface area contributed by atoms with E-state index in [2.05, 4.69) is 15.5 Å². The third-order valence-electron chi connectivity index (χ3n) is 6.38. The van der Waals surface area contributed by atoms with Crippen molar-refractivity contribution in [1.82, 2.24) is 14.8 Å². The number of likely N-dealkylation sites (tertiary alicyclic amines) is 1. The molecule has 170 valence electrons. The van der Waals surface area contributed by atoms with Gasteiger partial charge >= 0.3 is 0 Å². The number of benzene rings is 1. The Morgan fingerprint density at radius 2 is 1.69 bits per heavy atom. The lowest BCUT2D eigenvalue weighted by Gasteiger charge is -2.22. The quantitative estimate of drug-likeness (QED) is 0.699. The van der Waals surface area contributed by atoms with Gasteiger partial charge in [-0.05, 0) is 56.5 Å². The summed E-state index contributed by atoms with van der Waals surface area (Å²) in [6, 6.07) is 10.8. The Labute approximate surface area is 188 Å². The van der Waals surface area contributed by atoms with Crippen molar-refractivity contribution in [1.29, 1.82) is 0 Å². The van der Waals surface area contributed by atoms with Gasteiger partial charge in [0.25, 0.3) is 11.5 Å². The lowest BCUT2D eigenvalue weighted by atomic mass is 9.95. The molecule has 1 saturated heterocycles. The number of rotatable bonds is 7. The highest BCUT2D eigenvalue weighted by molar-refractivity contribution is 5.94. The Hall–Kier alpha value is -2.93. The van der Waals surface area contributed by atoms with Gasteiger partial charge in [0.2, 0.25) is 5.91 Å². The van der Waals surface area contributed by atoms with E-state index in [4.69, 9.17) is 0 Å². The number of carbonyl (C=O) groups excluding carboxylic acids is 2.